The van der Waals surface area contributed by atoms with E-state index in [2.05, 4.69) is 15.4 Å². The van der Waals surface area contributed by atoms with Crippen LogP contribution in [0.15, 0.2) is 48.5 Å². The number of sulfonamides is 1. The summed E-state index contributed by atoms with van der Waals surface area (Å²) in [7, 11) is -4.10. The molecule has 0 radical (unpaired) electrons. The molecule has 2 aromatic carbocycles. The Labute approximate surface area is 349 Å². The van der Waals surface area contributed by atoms with E-state index in [1.165, 1.54) is 16.2 Å². The summed E-state index contributed by atoms with van der Waals surface area (Å²) in [6, 6.07) is 12.2. The number of alkyl carbamates (subject to hydrolysis) is 1. The van der Waals surface area contributed by atoms with Gasteiger partial charge in [0.15, 0.2) is 5.69 Å². The molecule has 2 aliphatic carbocycles. The predicted molar refractivity (Wildman–Crippen MR) is 218 cm³/mol. The first-order valence-electron chi connectivity index (χ1n) is 20.2. The third-order valence-corrected chi connectivity index (χ3v) is 14.1. The molecule has 60 heavy (non-hydrogen) atoms. The molecular formula is C41H47F2N7O8S2. The van der Waals surface area contributed by atoms with E-state index >= 15 is 8.78 Å². The van der Waals surface area contributed by atoms with E-state index in [1.54, 1.807) is 39.0 Å². The molecule has 4 amide bonds. The van der Waals surface area contributed by atoms with Gasteiger partial charge in [0.2, 0.25) is 33.6 Å². The number of thiazole rings is 1. The summed E-state index contributed by atoms with van der Waals surface area (Å²) in [5, 5.41) is 5.03. The Morgan fingerprint density at radius 3 is 2.33 bits per heavy atom. The van der Waals surface area contributed by atoms with E-state index in [-0.39, 0.29) is 38.1 Å². The van der Waals surface area contributed by atoms with Crippen molar-refractivity contribution in [2.24, 2.45) is 5.92 Å². The quantitative estimate of drug-likeness (QED) is 0.208. The van der Waals surface area contributed by atoms with Gasteiger partial charge in [-0.25, -0.2) is 36.9 Å². The second-order valence-electron chi connectivity index (χ2n) is 17.2. The van der Waals surface area contributed by atoms with Gasteiger partial charge in [0, 0.05) is 19.3 Å². The van der Waals surface area contributed by atoms with Gasteiger partial charge in [0.1, 0.15) is 34.3 Å². The van der Waals surface area contributed by atoms with Crippen LogP contribution in [0.5, 0.6) is 5.88 Å². The average Bonchev–Trinajstić information content (AvgIpc) is 4.06. The van der Waals surface area contributed by atoms with Crippen LogP contribution >= 0.6 is 11.3 Å². The predicted octanol–water partition coefficient (Wildman–Crippen LogP) is 5.62. The zero-order valence-electron chi connectivity index (χ0n) is 33.4. The van der Waals surface area contributed by atoms with E-state index in [0.29, 0.717) is 47.4 Å². The van der Waals surface area contributed by atoms with Gasteiger partial charge >= 0.3 is 6.09 Å². The molecule has 0 unspecified atom stereocenters. The molecule has 0 spiro atoms. The number of alkyl halides is 2. The minimum Gasteiger partial charge on any atom is -0.471 e. The standard InChI is InChI=1S/C41H47F2N7O8S2/c1-39(2,3)58-38(54)47-29-14-5-4-10-18-40(42,43)20-23-21-41(23,37(53)49-60(55,56)25-16-17-25)48-33(51)30-19-24(22-50(30)36(29)52)57-34-32(44-26-11-6-7-12-27(26)45-34)35-46-28-13-8-9-15-31(28)59-35/h6-9,11-13,15,23-25,29-30H,4-5,10,14,16-22H2,1-3H3,(H,47,54)(H,48,51)(H,49,53)/t23-,24-,29+,30+,41-/m1/s1. The number of nitrogens with zero attached hydrogens (tertiary/aromatic N) is 4. The second kappa shape index (κ2) is 15.8. The maximum atomic E-state index is 15.5. The molecule has 2 saturated carbocycles. The Morgan fingerprint density at radius 2 is 1.63 bits per heavy atom. The first-order valence-corrected chi connectivity index (χ1v) is 22.6. The van der Waals surface area contributed by atoms with Crippen molar-refractivity contribution in [3.05, 3.63) is 48.5 Å². The fourth-order valence-electron chi connectivity index (χ4n) is 8.04. The lowest BCUT2D eigenvalue weighted by atomic mass is 10.00. The van der Waals surface area contributed by atoms with Crippen LogP contribution in [-0.4, -0.2) is 99.1 Å². The van der Waals surface area contributed by atoms with Crippen LogP contribution < -0.4 is 20.1 Å². The zero-order valence-corrected chi connectivity index (χ0v) is 35.0. The first kappa shape index (κ1) is 41.7. The first-order chi connectivity index (χ1) is 28.4. The van der Waals surface area contributed by atoms with Gasteiger partial charge < -0.3 is 25.0 Å². The van der Waals surface area contributed by atoms with Gasteiger partial charge in [0.25, 0.3) is 5.91 Å². The number of nitrogens with one attached hydrogen (secondary N) is 3. The molecule has 4 heterocycles. The Morgan fingerprint density at radius 1 is 0.933 bits per heavy atom. The Balaban J connectivity index is 1.14. The summed E-state index contributed by atoms with van der Waals surface area (Å²) in [5.74, 6) is -6.79. The SMILES string of the molecule is CC(C)(C)OC(=O)N[C@H]1CCCCCC(F)(F)C[C@@H]2C[C@@]2(C(=O)NS(=O)(=O)C2CC2)NC(=O)[C@@H]2C[C@@H](Oc3nc4ccccc4nc3-c3nc4ccccc4s3)CN2C1=O. The maximum Gasteiger partial charge on any atom is 0.408 e. The van der Waals surface area contributed by atoms with Gasteiger partial charge in [-0.05, 0) is 83.1 Å². The van der Waals surface area contributed by atoms with E-state index in [1.807, 2.05) is 30.3 Å². The highest BCUT2D eigenvalue weighted by Gasteiger charge is 2.65. The molecule has 4 fully saturated rings. The lowest BCUT2D eigenvalue weighted by Gasteiger charge is -2.30. The maximum absolute atomic E-state index is 15.5. The number of amides is 4. The van der Waals surface area contributed by atoms with Crippen LogP contribution in [0.25, 0.3) is 32.0 Å². The molecule has 19 heteroatoms. The molecule has 4 aromatic rings. The number of benzene rings is 2. The highest BCUT2D eigenvalue weighted by molar-refractivity contribution is 7.91. The third-order valence-electron chi connectivity index (χ3n) is 11.3. The van der Waals surface area contributed by atoms with Gasteiger partial charge in [-0.15, -0.1) is 11.3 Å². The number of aromatic nitrogens is 3. The number of fused-ring (bicyclic) bond motifs is 4. The molecule has 15 nitrogen and oxygen atoms in total. The van der Waals surface area contributed by atoms with Gasteiger partial charge in [-0.3, -0.25) is 19.1 Å². The van der Waals surface area contributed by atoms with Crippen molar-refractivity contribution in [3.63, 3.8) is 0 Å². The molecule has 3 N–H and O–H groups in total. The van der Waals surface area contributed by atoms with Gasteiger partial charge in [-0.1, -0.05) is 37.1 Å². The molecule has 5 atom stereocenters. The molecule has 2 saturated heterocycles. The number of rotatable bonds is 7. The van der Waals surface area contributed by atoms with Crippen LogP contribution in [0.4, 0.5) is 13.6 Å². The van der Waals surface area contributed by atoms with Crippen molar-refractivity contribution in [2.75, 3.05) is 6.54 Å². The smallest absolute Gasteiger partial charge is 0.408 e. The van der Waals surface area contributed by atoms with E-state index in [4.69, 9.17) is 24.4 Å². The lowest BCUT2D eigenvalue weighted by molar-refractivity contribution is -0.141. The van der Waals surface area contributed by atoms with Crippen LogP contribution in [-0.2, 0) is 29.1 Å². The summed E-state index contributed by atoms with van der Waals surface area (Å²) in [6.07, 6.45) is -1.95. The number of para-hydroxylation sites is 3. The van der Waals surface area contributed by atoms with Crippen LogP contribution in [0.1, 0.15) is 85.0 Å². The normalized spacial score (nSPS) is 26.2. The van der Waals surface area contributed by atoms with Crippen molar-refractivity contribution in [1.82, 2.24) is 35.2 Å². The van der Waals surface area contributed by atoms with Gasteiger partial charge in [0.05, 0.1) is 33.0 Å². The van der Waals surface area contributed by atoms with Crippen molar-refractivity contribution in [1.29, 1.82) is 0 Å². The summed E-state index contributed by atoms with van der Waals surface area (Å²) in [6.45, 7) is 4.82. The summed E-state index contributed by atoms with van der Waals surface area (Å²) >= 11 is 1.39. The number of halogens is 2. The van der Waals surface area contributed by atoms with Crippen molar-refractivity contribution < 1.29 is 45.9 Å². The molecule has 4 aliphatic rings. The minimum absolute atomic E-state index is 0.0614. The van der Waals surface area contributed by atoms with Crippen LogP contribution in [0.3, 0.4) is 0 Å². The molecule has 320 valence electrons. The molecule has 2 aromatic heterocycles. The Hall–Kier alpha value is -5.04. The monoisotopic (exact) mass is 867 g/mol. The Kier molecular flexibility index (Phi) is 11.0. The lowest BCUT2D eigenvalue weighted by Crippen LogP contribution is -2.58. The number of hydrogen-bond acceptors (Lipinski definition) is 12. The van der Waals surface area contributed by atoms with Crippen molar-refractivity contribution in [2.45, 2.75) is 125 Å². The molecule has 8 rings (SSSR count). The van der Waals surface area contributed by atoms with Crippen LogP contribution in [0, 0.1) is 5.92 Å². The number of carbonyl (C=O) groups excluding carboxylic acids is 4. The minimum atomic E-state index is -4.10. The largest absolute Gasteiger partial charge is 0.471 e. The molecule has 0 bridgehead atoms. The highest BCUT2D eigenvalue weighted by atomic mass is 32.2. The fourth-order valence-corrected chi connectivity index (χ4v) is 10.4. The third kappa shape index (κ3) is 9.01. The molecular weight excluding hydrogens is 821 g/mol. The number of hydrogen-bond donors (Lipinski definition) is 3. The fraction of sp³-hybridized carbons (Fsp3) is 0.537. The van der Waals surface area contributed by atoms with Crippen LogP contribution in [0.2, 0.25) is 0 Å². The van der Waals surface area contributed by atoms with E-state index in [0.717, 1.165) is 10.2 Å². The average molecular weight is 868 g/mol. The molecule has 2 aliphatic heterocycles. The van der Waals surface area contributed by atoms with Crippen molar-refractivity contribution >= 4 is 66.4 Å². The Bertz CT molecular complexity index is 2420. The van der Waals surface area contributed by atoms with E-state index in [9.17, 15) is 27.6 Å². The topological polar surface area (TPSA) is 199 Å². The number of ether oxygens (including phenoxy) is 2. The summed E-state index contributed by atoms with van der Waals surface area (Å²) in [4.78, 5) is 71.8. The highest BCUT2D eigenvalue weighted by Crippen LogP contribution is 2.51. The number of carbonyl (C=O) groups is 4. The van der Waals surface area contributed by atoms with Gasteiger partial charge in [-0.2, -0.15) is 0 Å². The zero-order chi connectivity index (χ0) is 42.6. The van der Waals surface area contributed by atoms with E-state index < -0.39 is 93.1 Å². The van der Waals surface area contributed by atoms with Crippen molar-refractivity contribution in [3.8, 4) is 16.6 Å². The summed E-state index contributed by atoms with van der Waals surface area (Å²) < 4.78 is 71.7. The summed E-state index contributed by atoms with van der Waals surface area (Å²) in [5.41, 5.74) is -0.678. The second-order valence-corrected chi connectivity index (χ2v) is 20.2.